The van der Waals surface area contributed by atoms with E-state index >= 15 is 0 Å². The lowest BCUT2D eigenvalue weighted by Crippen LogP contribution is -2.03. The van der Waals surface area contributed by atoms with Crippen LogP contribution in [0, 0.1) is 0 Å². The van der Waals surface area contributed by atoms with Gasteiger partial charge in [-0.3, -0.25) is 0 Å². The molecule has 3 rings (SSSR count). The van der Waals surface area contributed by atoms with E-state index in [9.17, 15) is 0 Å². The van der Waals surface area contributed by atoms with Crippen molar-refractivity contribution in [2.45, 2.75) is 19.8 Å². The molecule has 0 bridgehead atoms. The zero-order chi connectivity index (χ0) is 15.0. The largest absolute Gasteiger partial charge is 0.448 e. The molecule has 0 saturated carbocycles. The molecular formula is C16H16BrN3O. The number of benzene rings is 1. The number of nitrogens with two attached hydrogens (primary N) is 1. The van der Waals surface area contributed by atoms with Crippen molar-refractivity contribution in [1.29, 1.82) is 0 Å². The molecule has 0 fully saturated rings. The number of halogens is 1. The molecule has 5 heteroatoms. The number of hydrogen-bond donors (Lipinski definition) is 1. The second-order valence-electron chi connectivity index (χ2n) is 5.15. The fourth-order valence-corrected chi connectivity index (χ4v) is 2.71. The van der Waals surface area contributed by atoms with Crippen molar-refractivity contribution >= 4 is 21.7 Å². The summed E-state index contributed by atoms with van der Waals surface area (Å²) in [5.41, 5.74) is 9.06. The fourth-order valence-electron chi connectivity index (χ4n) is 2.40. The van der Waals surface area contributed by atoms with E-state index in [1.807, 2.05) is 42.5 Å². The Labute approximate surface area is 131 Å². The normalized spacial score (nSPS) is 11.2. The van der Waals surface area contributed by atoms with E-state index in [0.717, 1.165) is 16.9 Å². The van der Waals surface area contributed by atoms with E-state index in [4.69, 9.17) is 10.2 Å². The lowest BCUT2D eigenvalue weighted by molar-refractivity contribution is 0.552. The number of aromatic nitrogens is 2. The van der Waals surface area contributed by atoms with Gasteiger partial charge in [-0.2, -0.15) is 5.10 Å². The van der Waals surface area contributed by atoms with E-state index in [-0.39, 0.29) is 5.92 Å². The number of furan rings is 1. The first-order chi connectivity index (χ1) is 10.1. The zero-order valence-corrected chi connectivity index (χ0v) is 13.5. The van der Waals surface area contributed by atoms with Gasteiger partial charge < -0.3 is 10.2 Å². The predicted octanol–water partition coefficient (Wildman–Crippen LogP) is 4.60. The van der Waals surface area contributed by atoms with Crippen LogP contribution in [0.4, 0.5) is 5.82 Å². The average Bonchev–Trinajstić information content (AvgIpc) is 3.03. The van der Waals surface area contributed by atoms with Crippen LogP contribution < -0.4 is 5.73 Å². The molecule has 0 spiro atoms. The third-order valence-electron chi connectivity index (χ3n) is 3.34. The van der Waals surface area contributed by atoms with E-state index < -0.39 is 0 Å². The summed E-state index contributed by atoms with van der Waals surface area (Å²) in [5, 5.41) is 4.66. The first-order valence-electron chi connectivity index (χ1n) is 6.77. The lowest BCUT2D eigenvalue weighted by Gasteiger charge is -2.07. The van der Waals surface area contributed by atoms with E-state index in [2.05, 4.69) is 34.9 Å². The van der Waals surface area contributed by atoms with E-state index in [0.29, 0.717) is 16.2 Å². The maximum absolute atomic E-state index is 6.33. The molecule has 2 aromatic heterocycles. The highest BCUT2D eigenvalue weighted by Gasteiger charge is 2.22. The van der Waals surface area contributed by atoms with Crippen LogP contribution in [0.5, 0.6) is 0 Å². The van der Waals surface area contributed by atoms with Crippen molar-refractivity contribution in [3.63, 3.8) is 0 Å². The molecule has 0 amide bonds. The minimum atomic E-state index is 0.251. The van der Waals surface area contributed by atoms with E-state index in [1.54, 1.807) is 4.68 Å². The zero-order valence-electron chi connectivity index (χ0n) is 11.9. The molecule has 0 unspecified atom stereocenters. The summed E-state index contributed by atoms with van der Waals surface area (Å²) in [6.45, 7) is 4.20. The van der Waals surface area contributed by atoms with Crippen LogP contribution in [0.25, 0.3) is 17.1 Å². The molecule has 2 heterocycles. The number of nitrogen functional groups attached to an aromatic ring is 1. The van der Waals surface area contributed by atoms with Gasteiger partial charge in [0.05, 0.1) is 5.69 Å². The highest BCUT2D eigenvalue weighted by molar-refractivity contribution is 9.10. The SMILES string of the molecule is CC(C)c1c(-c2ccc(Br)o2)nn(-c2ccccc2)c1N. The summed E-state index contributed by atoms with van der Waals surface area (Å²) in [7, 11) is 0. The van der Waals surface area contributed by atoms with Crippen molar-refractivity contribution in [3.05, 3.63) is 52.7 Å². The average molecular weight is 346 g/mol. The van der Waals surface area contributed by atoms with E-state index in [1.165, 1.54) is 0 Å². The third kappa shape index (κ3) is 2.49. The fraction of sp³-hybridized carbons (Fsp3) is 0.188. The van der Waals surface area contributed by atoms with Crippen LogP contribution in [-0.4, -0.2) is 9.78 Å². The van der Waals surface area contributed by atoms with Gasteiger partial charge in [-0.1, -0.05) is 32.0 Å². The summed E-state index contributed by atoms with van der Waals surface area (Å²) in [6, 6.07) is 13.6. The quantitative estimate of drug-likeness (QED) is 0.754. The third-order valence-corrected chi connectivity index (χ3v) is 3.77. The molecule has 0 aliphatic heterocycles. The maximum Gasteiger partial charge on any atom is 0.169 e. The second kappa shape index (κ2) is 5.41. The summed E-state index contributed by atoms with van der Waals surface area (Å²) >= 11 is 3.33. The van der Waals surface area contributed by atoms with Gasteiger partial charge in [-0.25, -0.2) is 4.68 Å². The number of para-hydroxylation sites is 1. The molecular weight excluding hydrogens is 330 g/mol. The molecule has 0 atom stereocenters. The predicted molar refractivity (Wildman–Crippen MR) is 87.5 cm³/mol. The van der Waals surface area contributed by atoms with Crippen molar-refractivity contribution in [3.8, 4) is 17.1 Å². The second-order valence-corrected chi connectivity index (χ2v) is 5.93. The molecule has 0 aliphatic rings. The van der Waals surface area contributed by atoms with Gasteiger partial charge in [-0.05, 0) is 46.1 Å². The monoisotopic (exact) mass is 345 g/mol. The highest BCUT2D eigenvalue weighted by atomic mass is 79.9. The van der Waals surface area contributed by atoms with Crippen molar-refractivity contribution < 1.29 is 4.42 Å². The Morgan fingerprint density at radius 2 is 1.86 bits per heavy atom. The number of nitrogens with zero attached hydrogens (tertiary/aromatic N) is 2. The van der Waals surface area contributed by atoms with Crippen molar-refractivity contribution in [2.24, 2.45) is 0 Å². The minimum Gasteiger partial charge on any atom is -0.448 e. The van der Waals surface area contributed by atoms with Gasteiger partial charge in [0.25, 0.3) is 0 Å². The summed E-state index contributed by atoms with van der Waals surface area (Å²) in [5.74, 6) is 1.62. The molecule has 21 heavy (non-hydrogen) atoms. The Bertz CT molecular complexity index is 759. The number of rotatable bonds is 3. The number of anilines is 1. The van der Waals surface area contributed by atoms with Crippen LogP contribution in [0.15, 0.2) is 51.6 Å². The summed E-state index contributed by atoms with van der Waals surface area (Å²) < 4.78 is 8.10. The molecule has 4 nitrogen and oxygen atoms in total. The smallest absolute Gasteiger partial charge is 0.169 e. The minimum absolute atomic E-state index is 0.251. The van der Waals surface area contributed by atoms with Crippen molar-refractivity contribution in [2.75, 3.05) is 5.73 Å². The maximum atomic E-state index is 6.33. The molecule has 108 valence electrons. The van der Waals surface area contributed by atoms with Gasteiger partial charge in [0, 0.05) is 5.56 Å². The molecule has 0 saturated heterocycles. The standard InChI is InChI=1S/C16H16BrN3O/c1-10(2)14-15(12-8-9-13(17)21-12)19-20(16(14)18)11-6-4-3-5-7-11/h3-10H,18H2,1-2H3. The Kier molecular flexibility index (Phi) is 3.59. The summed E-state index contributed by atoms with van der Waals surface area (Å²) in [6.07, 6.45) is 0. The van der Waals surface area contributed by atoms with Gasteiger partial charge in [0.1, 0.15) is 11.5 Å². The molecule has 0 radical (unpaired) electrons. The molecule has 3 aromatic rings. The molecule has 1 aromatic carbocycles. The Morgan fingerprint density at radius 1 is 1.14 bits per heavy atom. The van der Waals surface area contributed by atoms with Gasteiger partial charge in [0.2, 0.25) is 0 Å². The van der Waals surface area contributed by atoms with Crippen LogP contribution in [-0.2, 0) is 0 Å². The highest BCUT2D eigenvalue weighted by Crippen LogP contribution is 2.35. The Hall–Kier alpha value is -2.01. The Morgan fingerprint density at radius 3 is 2.43 bits per heavy atom. The number of hydrogen-bond acceptors (Lipinski definition) is 3. The van der Waals surface area contributed by atoms with Gasteiger partial charge in [0.15, 0.2) is 10.4 Å². The summed E-state index contributed by atoms with van der Waals surface area (Å²) in [4.78, 5) is 0. The van der Waals surface area contributed by atoms with Crippen LogP contribution in [0.2, 0.25) is 0 Å². The van der Waals surface area contributed by atoms with Crippen LogP contribution in [0.1, 0.15) is 25.3 Å². The topological polar surface area (TPSA) is 57.0 Å². The van der Waals surface area contributed by atoms with Crippen LogP contribution >= 0.6 is 15.9 Å². The first-order valence-corrected chi connectivity index (χ1v) is 7.56. The molecule has 2 N–H and O–H groups in total. The lowest BCUT2D eigenvalue weighted by atomic mass is 10.0. The van der Waals surface area contributed by atoms with Crippen LogP contribution in [0.3, 0.4) is 0 Å². The van der Waals surface area contributed by atoms with Crippen molar-refractivity contribution in [1.82, 2.24) is 9.78 Å². The first kappa shape index (κ1) is 13.9. The molecule has 0 aliphatic carbocycles. The van der Waals surface area contributed by atoms with Gasteiger partial charge >= 0.3 is 0 Å². The van der Waals surface area contributed by atoms with Gasteiger partial charge in [-0.15, -0.1) is 0 Å². The Balaban J connectivity index is 2.21.